The van der Waals surface area contributed by atoms with Crippen molar-refractivity contribution in [2.24, 2.45) is 5.73 Å². The molecule has 3 N–H and O–H groups in total. The molecule has 2 rings (SSSR count). The molecule has 2 aromatic heterocycles. The van der Waals surface area contributed by atoms with Gasteiger partial charge in [0.1, 0.15) is 10.8 Å². The smallest absolute Gasteiger partial charge is 0.188 e. The van der Waals surface area contributed by atoms with Crippen molar-refractivity contribution >= 4 is 39.5 Å². The van der Waals surface area contributed by atoms with Gasteiger partial charge in [0.05, 0.1) is 11.3 Å². The molecule has 0 fully saturated rings. The second-order valence-electron chi connectivity index (χ2n) is 5.18. The lowest BCUT2D eigenvalue weighted by molar-refractivity contribution is 0.573. The van der Waals surface area contributed by atoms with Gasteiger partial charge in [0.15, 0.2) is 5.13 Å². The van der Waals surface area contributed by atoms with Crippen LogP contribution < -0.4 is 11.1 Å². The van der Waals surface area contributed by atoms with Crippen LogP contribution in [-0.2, 0) is 5.41 Å². The first kappa shape index (κ1) is 13.9. The maximum Gasteiger partial charge on any atom is 0.188 e. The van der Waals surface area contributed by atoms with Gasteiger partial charge in [0, 0.05) is 17.0 Å². The quantitative estimate of drug-likeness (QED) is 0.850. The van der Waals surface area contributed by atoms with Gasteiger partial charge >= 0.3 is 0 Å². The Kier molecular flexibility index (Phi) is 3.82. The van der Waals surface area contributed by atoms with Crippen molar-refractivity contribution in [2.75, 3.05) is 5.32 Å². The predicted octanol–water partition coefficient (Wildman–Crippen LogP) is 3.21. The van der Waals surface area contributed by atoms with E-state index in [-0.39, 0.29) is 5.41 Å². The minimum Gasteiger partial charge on any atom is -0.389 e. The van der Waals surface area contributed by atoms with E-state index >= 15 is 0 Å². The zero-order valence-corrected chi connectivity index (χ0v) is 12.7. The Balaban J connectivity index is 2.27. The van der Waals surface area contributed by atoms with Crippen molar-refractivity contribution in [3.8, 4) is 0 Å². The Morgan fingerprint density at radius 3 is 2.74 bits per heavy atom. The third-order valence-electron chi connectivity index (χ3n) is 2.57. The van der Waals surface area contributed by atoms with Crippen LogP contribution in [0.5, 0.6) is 0 Å². The minimum absolute atomic E-state index is 0.0343. The number of nitrogens with zero attached hydrogens (tertiary/aromatic N) is 2. The summed E-state index contributed by atoms with van der Waals surface area (Å²) in [4.78, 5) is 9.14. The van der Waals surface area contributed by atoms with Gasteiger partial charge in [-0.15, -0.1) is 11.3 Å². The highest BCUT2D eigenvalue weighted by Gasteiger charge is 2.18. The molecule has 2 heterocycles. The van der Waals surface area contributed by atoms with Crippen LogP contribution in [0.3, 0.4) is 0 Å². The molecule has 0 radical (unpaired) electrons. The Morgan fingerprint density at radius 2 is 2.16 bits per heavy atom. The van der Waals surface area contributed by atoms with E-state index < -0.39 is 0 Å². The highest BCUT2D eigenvalue weighted by molar-refractivity contribution is 7.80. The van der Waals surface area contributed by atoms with E-state index in [0.717, 1.165) is 16.4 Å². The predicted molar refractivity (Wildman–Crippen MR) is 84.2 cm³/mol. The van der Waals surface area contributed by atoms with Crippen LogP contribution >= 0.6 is 23.6 Å². The van der Waals surface area contributed by atoms with E-state index in [9.17, 15) is 0 Å². The van der Waals surface area contributed by atoms with Gasteiger partial charge in [0.25, 0.3) is 0 Å². The number of nitrogens with two attached hydrogens (primary N) is 1. The number of hydrogen-bond donors (Lipinski definition) is 2. The molecule has 0 aliphatic carbocycles. The summed E-state index contributed by atoms with van der Waals surface area (Å²) in [5, 5.41) is 6.02. The van der Waals surface area contributed by atoms with Gasteiger partial charge in [-0.3, -0.25) is 0 Å². The van der Waals surface area contributed by atoms with E-state index in [4.69, 9.17) is 18.0 Å². The third kappa shape index (κ3) is 3.27. The van der Waals surface area contributed by atoms with E-state index in [0.29, 0.717) is 10.8 Å². The maximum atomic E-state index is 5.68. The molecule has 0 spiro atoms. The lowest BCUT2D eigenvalue weighted by atomic mass is 9.93. The van der Waals surface area contributed by atoms with Crippen LogP contribution in [0.25, 0.3) is 0 Å². The number of anilines is 2. The zero-order valence-electron chi connectivity index (χ0n) is 11.1. The fourth-order valence-electron chi connectivity index (χ4n) is 1.48. The second-order valence-corrected chi connectivity index (χ2v) is 6.47. The lowest BCUT2D eigenvalue weighted by Crippen LogP contribution is -2.13. The highest BCUT2D eigenvalue weighted by Crippen LogP contribution is 2.28. The minimum atomic E-state index is 0.0343. The fourth-order valence-corrected chi connectivity index (χ4v) is 2.58. The van der Waals surface area contributed by atoms with Crippen molar-refractivity contribution in [3.05, 3.63) is 35.0 Å². The summed E-state index contributed by atoms with van der Waals surface area (Å²) in [5.41, 5.74) is 7.49. The summed E-state index contributed by atoms with van der Waals surface area (Å²) in [5.74, 6) is 0.643. The molecule has 0 aliphatic rings. The lowest BCUT2D eigenvalue weighted by Gasteiger charge is -2.14. The monoisotopic (exact) mass is 292 g/mol. The summed E-state index contributed by atoms with van der Waals surface area (Å²) >= 11 is 6.56. The third-order valence-corrected chi connectivity index (χ3v) is 3.55. The molecular formula is C13H16N4S2. The molecule has 0 aromatic carbocycles. The van der Waals surface area contributed by atoms with Crippen LogP contribution in [0.1, 0.15) is 32.0 Å². The molecule has 0 amide bonds. The van der Waals surface area contributed by atoms with Crippen LogP contribution in [0, 0.1) is 0 Å². The average molecular weight is 292 g/mol. The van der Waals surface area contributed by atoms with Crippen molar-refractivity contribution in [1.29, 1.82) is 0 Å². The molecule has 19 heavy (non-hydrogen) atoms. The number of thiocarbonyl (C=S) groups is 1. The van der Waals surface area contributed by atoms with Gasteiger partial charge in [0.2, 0.25) is 0 Å². The normalized spacial score (nSPS) is 11.3. The van der Waals surface area contributed by atoms with Crippen LogP contribution in [0.4, 0.5) is 10.9 Å². The summed E-state index contributed by atoms with van der Waals surface area (Å²) in [6.45, 7) is 6.40. The summed E-state index contributed by atoms with van der Waals surface area (Å²) in [6.07, 6.45) is 1.70. The summed E-state index contributed by atoms with van der Waals surface area (Å²) < 4.78 is 0. The van der Waals surface area contributed by atoms with Gasteiger partial charge in [-0.05, 0) is 12.1 Å². The Hall–Kier alpha value is -1.53. The fraction of sp³-hybridized carbons (Fsp3) is 0.308. The molecule has 0 bridgehead atoms. The Labute approximate surface area is 122 Å². The van der Waals surface area contributed by atoms with E-state index in [2.05, 4.69) is 36.1 Å². The standard InChI is InChI=1S/C13H16N4S2/c1-13(2,3)9-7-19-12(16-9)17-11-8(10(14)18)5-4-6-15-11/h4-7H,1-3H3,(H2,14,18)(H,15,16,17). The van der Waals surface area contributed by atoms with E-state index in [1.165, 1.54) is 0 Å². The van der Waals surface area contributed by atoms with Crippen molar-refractivity contribution < 1.29 is 0 Å². The van der Waals surface area contributed by atoms with Gasteiger partial charge in [-0.1, -0.05) is 33.0 Å². The van der Waals surface area contributed by atoms with E-state index in [1.807, 2.05) is 17.5 Å². The number of hydrogen-bond acceptors (Lipinski definition) is 5. The SMILES string of the molecule is CC(C)(C)c1csc(Nc2ncccc2C(N)=S)n1. The second kappa shape index (κ2) is 5.22. The summed E-state index contributed by atoms with van der Waals surface area (Å²) in [6, 6.07) is 3.65. The molecule has 0 saturated heterocycles. The van der Waals surface area contributed by atoms with Crippen LogP contribution in [-0.4, -0.2) is 15.0 Å². The number of thiazole rings is 1. The highest BCUT2D eigenvalue weighted by atomic mass is 32.1. The molecule has 0 saturated carbocycles. The Bertz CT molecular complexity index is 599. The molecule has 2 aromatic rings. The number of pyridine rings is 1. The molecular weight excluding hydrogens is 276 g/mol. The molecule has 0 atom stereocenters. The number of rotatable bonds is 3. The number of aromatic nitrogens is 2. The first-order valence-electron chi connectivity index (χ1n) is 5.86. The first-order chi connectivity index (χ1) is 8.88. The molecule has 0 aliphatic heterocycles. The molecule has 4 nitrogen and oxygen atoms in total. The van der Waals surface area contributed by atoms with Gasteiger partial charge in [-0.2, -0.15) is 0 Å². The summed E-state index contributed by atoms with van der Waals surface area (Å²) in [7, 11) is 0. The van der Waals surface area contributed by atoms with Gasteiger partial charge < -0.3 is 11.1 Å². The van der Waals surface area contributed by atoms with Crippen LogP contribution in [0.15, 0.2) is 23.7 Å². The largest absolute Gasteiger partial charge is 0.389 e. The van der Waals surface area contributed by atoms with Crippen LogP contribution in [0.2, 0.25) is 0 Å². The first-order valence-corrected chi connectivity index (χ1v) is 7.14. The number of nitrogens with one attached hydrogen (secondary N) is 1. The van der Waals surface area contributed by atoms with Crippen molar-refractivity contribution in [1.82, 2.24) is 9.97 Å². The van der Waals surface area contributed by atoms with Gasteiger partial charge in [-0.25, -0.2) is 9.97 Å². The Morgan fingerprint density at radius 1 is 1.42 bits per heavy atom. The van der Waals surface area contributed by atoms with Crippen molar-refractivity contribution in [2.45, 2.75) is 26.2 Å². The molecule has 0 unspecified atom stereocenters. The topological polar surface area (TPSA) is 63.8 Å². The average Bonchev–Trinajstić information content (AvgIpc) is 2.77. The van der Waals surface area contributed by atoms with Crippen molar-refractivity contribution in [3.63, 3.8) is 0 Å². The molecule has 6 heteroatoms. The zero-order chi connectivity index (χ0) is 14.0. The van der Waals surface area contributed by atoms with E-state index in [1.54, 1.807) is 17.5 Å². The maximum absolute atomic E-state index is 5.68. The molecule has 100 valence electrons.